The van der Waals surface area contributed by atoms with Gasteiger partial charge in [-0.05, 0) is 45.7 Å². The normalized spacial score (nSPS) is 25.2. The third-order valence-corrected chi connectivity index (χ3v) is 5.54. The van der Waals surface area contributed by atoms with Crippen LogP contribution in [0.3, 0.4) is 0 Å². The lowest BCUT2D eigenvalue weighted by atomic mass is 10.0. The topological polar surface area (TPSA) is 78.0 Å². The molecule has 152 valence electrons. The van der Waals surface area contributed by atoms with Gasteiger partial charge in [0.1, 0.15) is 0 Å². The van der Waals surface area contributed by atoms with Crippen LogP contribution in [0.2, 0.25) is 0 Å². The van der Waals surface area contributed by atoms with E-state index in [1.54, 1.807) is 16.7 Å². The number of nitrogens with zero attached hydrogens (tertiary/aromatic N) is 4. The van der Waals surface area contributed by atoms with Crippen LogP contribution in [0, 0.1) is 0 Å². The highest BCUT2D eigenvalue weighted by molar-refractivity contribution is 6.01. The molecule has 2 fully saturated rings. The van der Waals surface area contributed by atoms with Crippen molar-refractivity contribution in [2.24, 2.45) is 0 Å². The molecule has 1 saturated heterocycles. The number of carbonyl (C=O) groups excluding carboxylic acids is 2. The maximum Gasteiger partial charge on any atom is 0.415 e. The van der Waals surface area contributed by atoms with E-state index in [2.05, 4.69) is 10.4 Å². The van der Waals surface area contributed by atoms with Crippen molar-refractivity contribution in [2.45, 2.75) is 64.6 Å². The molecule has 0 bridgehead atoms. The van der Waals surface area contributed by atoms with Gasteiger partial charge in [-0.2, -0.15) is 0 Å². The Morgan fingerprint density at radius 1 is 1.25 bits per heavy atom. The number of ether oxygens (including phenoxy) is 1. The highest BCUT2D eigenvalue weighted by Crippen LogP contribution is 2.37. The van der Waals surface area contributed by atoms with Crippen LogP contribution in [-0.2, 0) is 9.53 Å². The summed E-state index contributed by atoms with van der Waals surface area (Å²) in [4.78, 5) is 33.1. The van der Waals surface area contributed by atoms with E-state index in [4.69, 9.17) is 9.72 Å². The van der Waals surface area contributed by atoms with E-state index in [1.807, 2.05) is 32.9 Å². The lowest BCUT2D eigenvalue weighted by Gasteiger charge is -2.39. The molecule has 2 aliphatic heterocycles. The first-order valence-electron chi connectivity index (χ1n) is 10.1. The van der Waals surface area contributed by atoms with Crippen LogP contribution in [0.4, 0.5) is 16.3 Å². The quantitative estimate of drug-likeness (QED) is 0.857. The zero-order valence-corrected chi connectivity index (χ0v) is 17.0. The summed E-state index contributed by atoms with van der Waals surface area (Å²) in [6, 6.07) is 4.41. The van der Waals surface area contributed by atoms with Gasteiger partial charge in [0, 0.05) is 37.7 Å². The second kappa shape index (κ2) is 7.33. The molecule has 0 radical (unpaired) electrons. The third-order valence-electron chi connectivity index (χ3n) is 5.54. The van der Waals surface area contributed by atoms with Crippen molar-refractivity contribution in [2.75, 3.05) is 29.4 Å². The van der Waals surface area contributed by atoms with Crippen molar-refractivity contribution in [1.29, 1.82) is 0 Å². The standard InChI is InChI=1S/C20H29N5O3/c1-12(2)28-20(27)23-10-13(3)25(14(4)26)18-8-7-17(22-19(18)23)15-9-21-24(11-15)16-5-6-16/h7-8,12-13,15-16,21H,5-6,9-11H2,1-4H3/t13-,15?/m0/s1. The summed E-state index contributed by atoms with van der Waals surface area (Å²) in [5.74, 6) is 0.725. The average molecular weight is 387 g/mol. The molecule has 4 rings (SSSR count). The van der Waals surface area contributed by atoms with E-state index in [1.165, 1.54) is 12.8 Å². The molecule has 1 N–H and O–H groups in total. The minimum absolute atomic E-state index is 0.0531. The summed E-state index contributed by atoms with van der Waals surface area (Å²) >= 11 is 0. The number of aromatic nitrogens is 1. The van der Waals surface area contributed by atoms with Gasteiger partial charge in [-0.15, -0.1) is 0 Å². The van der Waals surface area contributed by atoms with E-state index in [9.17, 15) is 9.59 Å². The second-order valence-electron chi connectivity index (χ2n) is 8.30. The molecule has 1 saturated carbocycles. The van der Waals surface area contributed by atoms with Gasteiger partial charge in [-0.3, -0.25) is 15.1 Å². The monoisotopic (exact) mass is 387 g/mol. The Hall–Kier alpha value is -2.19. The van der Waals surface area contributed by atoms with Crippen LogP contribution in [0.1, 0.15) is 52.1 Å². The van der Waals surface area contributed by atoms with Gasteiger partial charge in [0.05, 0.1) is 24.4 Å². The zero-order chi connectivity index (χ0) is 20.0. The first kappa shape index (κ1) is 19.1. The van der Waals surface area contributed by atoms with Crippen LogP contribution in [0.25, 0.3) is 0 Å². The Morgan fingerprint density at radius 3 is 2.64 bits per heavy atom. The number of rotatable bonds is 3. The van der Waals surface area contributed by atoms with Crippen molar-refractivity contribution >= 4 is 23.5 Å². The third kappa shape index (κ3) is 3.58. The maximum absolute atomic E-state index is 12.7. The van der Waals surface area contributed by atoms with Gasteiger partial charge in [0.15, 0.2) is 5.82 Å². The van der Waals surface area contributed by atoms with E-state index in [0.29, 0.717) is 24.1 Å². The van der Waals surface area contributed by atoms with Crippen LogP contribution >= 0.6 is 0 Å². The Balaban J connectivity index is 1.66. The summed E-state index contributed by atoms with van der Waals surface area (Å²) in [5.41, 5.74) is 5.07. The fourth-order valence-corrected chi connectivity index (χ4v) is 4.10. The van der Waals surface area contributed by atoms with Gasteiger partial charge in [0.25, 0.3) is 0 Å². The number of amides is 2. The Morgan fingerprint density at radius 2 is 2.00 bits per heavy atom. The first-order chi connectivity index (χ1) is 13.3. The van der Waals surface area contributed by atoms with Crippen LogP contribution in [-0.4, -0.2) is 59.8 Å². The zero-order valence-electron chi connectivity index (χ0n) is 17.0. The summed E-state index contributed by atoms with van der Waals surface area (Å²) in [6.07, 6.45) is 1.86. The van der Waals surface area contributed by atoms with Crippen molar-refractivity contribution in [3.8, 4) is 0 Å². The second-order valence-corrected chi connectivity index (χ2v) is 8.30. The molecule has 1 aliphatic carbocycles. The number of carbonyl (C=O) groups is 2. The summed E-state index contributed by atoms with van der Waals surface area (Å²) < 4.78 is 5.44. The van der Waals surface area contributed by atoms with E-state index in [0.717, 1.165) is 18.8 Å². The number of hydrogen-bond acceptors (Lipinski definition) is 6. The molecule has 1 unspecified atom stereocenters. The molecule has 0 aromatic carbocycles. The van der Waals surface area contributed by atoms with Crippen molar-refractivity contribution < 1.29 is 14.3 Å². The smallest absolute Gasteiger partial charge is 0.415 e. The highest BCUT2D eigenvalue weighted by atomic mass is 16.6. The van der Waals surface area contributed by atoms with Crippen molar-refractivity contribution in [1.82, 2.24) is 15.4 Å². The molecule has 8 heteroatoms. The number of nitrogens with one attached hydrogen (secondary N) is 1. The minimum atomic E-state index is -0.417. The maximum atomic E-state index is 12.7. The lowest BCUT2D eigenvalue weighted by Crippen LogP contribution is -2.52. The van der Waals surface area contributed by atoms with E-state index in [-0.39, 0.29) is 24.0 Å². The molecule has 1 aromatic rings. The van der Waals surface area contributed by atoms with Crippen molar-refractivity contribution in [3.05, 3.63) is 17.8 Å². The summed E-state index contributed by atoms with van der Waals surface area (Å²) in [7, 11) is 0. The Kier molecular flexibility index (Phi) is 5.01. The lowest BCUT2D eigenvalue weighted by molar-refractivity contribution is -0.117. The highest BCUT2D eigenvalue weighted by Gasteiger charge is 2.38. The molecule has 2 atom stereocenters. The molecular formula is C20H29N5O3. The Bertz CT molecular complexity index is 779. The predicted octanol–water partition coefficient (Wildman–Crippen LogP) is 2.25. The largest absolute Gasteiger partial charge is 0.446 e. The molecule has 28 heavy (non-hydrogen) atoms. The number of fused-ring (bicyclic) bond motifs is 1. The predicted molar refractivity (Wildman–Crippen MR) is 106 cm³/mol. The fourth-order valence-electron chi connectivity index (χ4n) is 4.10. The van der Waals surface area contributed by atoms with Gasteiger partial charge in [0.2, 0.25) is 5.91 Å². The molecule has 8 nitrogen and oxygen atoms in total. The van der Waals surface area contributed by atoms with Crippen LogP contribution in [0.5, 0.6) is 0 Å². The summed E-state index contributed by atoms with van der Waals surface area (Å²) in [5, 5.41) is 2.31. The van der Waals surface area contributed by atoms with Gasteiger partial charge >= 0.3 is 6.09 Å². The first-order valence-corrected chi connectivity index (χ1v) is 10.1. The van der Waals surface area contributed by atoms with Crippen molar-refractivity contribution in [3.63, 3.8) is 0 Å². The van der Waals surface area contributed by atoms with Crippen LogP contribution in [0.15, 0.2) is 12.1 Å². The number of pyridine rings is 1. The molecule has 3 aliphatic rings. The SMILES string of the molecule is CC(=O)N1c2ccc(C3CNN(C4CC4)C3)nc2N(C(=O)OC(C)C)C[C@@H]1C. The average Bonchev–Trinajstić information content (AvgIpc) is 3.36. The molecule has 0 spiro atoms. The molecule has 2 amide bonds. The van der Waals surface area contributed by atoms with Gasteiger partial charge in [-0.1, -0.05) is 0 Å². The van der Waals surface area contributed by atoms with Crippen LogP contribution < -0.4 is 15.2 Å². The Labute approximate surface area is 165 Å². The molecule has 1 aromatic heterocycles. The molecular weight excluding hydrogens is 358 g/mol. The summed E-state index contributed by atoms with van der Waals surface area (Å²) in [6.45, 7) is 9.26. The number of hydrogen-bond donors (Lipinski definition) is 1. The van der Waals surface area contributed by atoms with Gasteiger partial charge < -0.3 is 9.64 Å². The van der Waals surface area contributed by atoms with E-state index >= 15 is 0 Å². The van der Waals surface area contributed by atoms with Gasteiger partial charge in [-0.25, -0.2) is 14.8 Å². The number of anilines is 2. The minimum Gasteiger partial charge on any atom is -0.446 e. The van der Waals surface area contributed by atoms with E-state index < -0.39 is 6.09 Å². The fraction of sp³-hybridized carbons (Fsp3) is 0.650. The number of hydrazine groups is 1. The molecule has 3 heterocycles.